The van der Waals surface area contributed by atoms with Gasteiger partial charge in [-0.2, -0.15) is 10.1 Å². The molecule has 0 radical (unpaired) electrons. The minimum Gasteiger partial charge on any atom is -0.280 e. The predicted molar refractivity (Wildman–Crippen MR) is 103 cm³/mol. The molecule has 0 aliphatic carbocycles. The Labute approximate surface area is 152 Å². The number of hydrogen-bond donors (Lipinski definition) is 1. The molecule has 6 nitrogen and oxygen atoms in total. The summed E-state index contributed by atoms with van der Waals surface area (Å²) in [6.45, 7) is 3.76. The Bertz CT molecular complexity index is 979. The van der Waals surface area contributed by atoms with Crippen LogP contribution in [0.4, 0.5) is 9.93 Å². The first-order chi connectivity index (χ1) is 12.1. The van der Waals surface area contributed by atoms with Crippen molar-refractivity contribution >= 4 is 50.1 Å². The highest BCUT2D eigenvalue weighted by atomic mass is 32.2. The number of nitrogens with one attached hydrogen (secondary N) is 1. The average molecular weight is 369 g/mol. The standard InChI is InChI=1S/C17H15N5OS2/c1-10-19-20-16(25-10)18-17(23)22-15(24-11(2)21-22)14-9-5-7-12-6-3-4-8-13(12)14/h3-9,15H,1-2H3,(H,18,20,23). The van der Waals surface area contributed by atoms with Gasteiger partial charge in [0.25, 0.3) is 0 Å². The number of aryl methyl sites for hydroxylation is 1. The monoisotopic (exact) mass is 369 g/mol. The van der Waals surface area contributed by atoms with Crippen LogP contribution in [0.1, 0.15) is 22.9 Å². The number of urea groups is 1. The Hall–Kier alpha value is -2.45. The topological polar surface area (TPSA) is 70.5 Å². The Balaban J connectivity index is 1.67. The second-order valence-corrected chi connectivity index (χ2v) is 8.01. The van der Waals surface area contributed by atoms with E-state index in [1.807, 2.05) is 38.1 Å². The molecule has 3 aromatic rings. The molecule has 2 amide bonds. The number of hydrogen-bond acceptors (Lipinski definition) is 6. The summed E-state index contributed by atoms with van der Waals surface area (Å²) >= 11 is 2.91. The molecule has 25 heavy (non-hydrogen) atoms. The van der Waals surface area contributed by atoms with Gasteiger partial charge in [-0.3, -0.25) is 5.32 Å². The molecule has 1 N–H and O–H groups in total. The van der Waals surface area contributed by atoms with E-state index in [4.69, 9.17) is 0 Å². The number of hydrazone groups is 1. The van der Waals surface area contributed by atoms with Crippen LogP contribution in [-0.4, -0.2) is 26.3 Å². The van der Waals surface area contributed by atoms with Gasteiger partial charge in [-0.25, -0.2) is 4.79 Å². The molecule has 126 valence electrons. The molecule has 1 atom stereocenters. The van der Waals surface area contributed by atoms with Crippen molar-refractivity contribution in [2.45, 2.75) is 19.2 Å². The summed E-state index contributed by atoms with van der Waals surface area (Å²) in [7, 11) is 0. The van der Waals surface area contributed by atoms with Crippen molar-refractivity contribution in [2.24, 2.45) is 5.10 Å². The van der Waals surface area contributed by atoms with E-state index in [2.05, 4.69) is 38.8 Å². The van der Waals surface area contributed by atoms with E-state index in [-0.39, 0.29) is 11.4 Å². The van der Waals surface area contributed by atoms with E-state index >= 15 is 0 Å². The van der Waals surface area contributed by atoms with Gasteiger partial charge in [0.2, 0.25) is 5.13 Å². The lowest BCUT2D eigenvalue weighted by Crippen LogP contribution is -2.30. The maximum Gasteiger partial charge on any atom is 0.345 e. The van der Waals surface area contributed by atoms with Crippen molar-refractivity contribution < 1.29 is 4.79 Å². The van der Waals surface area contributed by atoms with Crippen molar-refractivity contribution in [3.05, 3.63) is 53.0 Å². The highest BCUT2D eigenvalue weighted by Crippen LogP contribution is 2.42. The molecule has 2 aromatic carbocycles. The third-order valence-electron chi connectivity index (χ3n) is 3.79. The van der Waals surface area contributed by atoms with Crippen LogP contribution in [-0.2, 0) is 0 Å². The molecular formula is C17H15N5OS2. The van der Waals surface area contributed by atoms with Gasteiger partial charge in [-0.15, -0.1) is 10.2 Å². The van der Waals surface area contributed by atoms with E-state index in [1.54, 1.807) is 11.8 Å². The number of carbonyl (C=O) groups excluding carboxylic acids is 1. The predicted octanol–water partition coefficient (Wildman–Crippen LogP) is 4.61. The quantitative estimate of drug-likeness (QED) is 0.716. The van der Waals surface area contributed by atoms with Gasteiger partial charge in [0.1, 0.15) is 10.4 Å². The second-order valence-electron chi connectivity index (χ2n) is 5.56. The van der Waals surface area contributed by atoms with Gasteiger partial charge in [-0.05, 0) is 30.2 Å². The molecule has 0 spiro atoms. The summed E-state index contributed by atoms with van der Waals surface area (Å²) in [4.78, 5) is 12.7. The maximum atomic E-state index is 12.7. The van der Waals surface area contributed by atoms with Gasteiger partial charge >= 0.3 is 6.03 Å². The summed E-state index contributed by atoms with van der Waals surface area (Å²) in [6, 6.07) is 14.0. The molecule has 1 aliphatic rings. The number of anilines is 1. The third kappa shape index (κ3) is 3.10. The van der Waals surface area contributed by atoms with Crippen LogP contribution < -0.4 is 5.32 Å². The molecule has 1 aromatic heterocycles. The van der Waals surface area contributed by atoms with Crippen LogP contribution in [0.5, 0.6) is 0 Å². The van der Waals surface area contributed by atoms with E-state index in [0.717, 1.165) is 26.4 Å². The first kappa shape index (κ1) is 16.0. The molecule has 0 saturated carbocycles. The van der Waals surface area contributed by atoms with Crippen molar-refractivity contribution in [2.75, 3.05) is 5.32 Å². The van der Waals surface area contributed by atoms with Crippen LogP contribution >= 0.6 is 23.1 Å². The summed E-state index contributed by atoms with van der Waals surface area (Å²) < 4.78 is 0. The van der Waals surface area contributed by atoms with Gasteiger partial charge in [0.05, 0.1) is 5.04 Å². The Morgan fingerprint density at radius 2 is 1.92 bits per heavy atom. The maximum absolute atomic E-state index is 12.7. The largest absolute Gasteiger partial charge is 0.345 e. The molecule has 0 saturated heterocycles. The van der Waals surface area contributed by atoms with Crippen molar-refractivity contribution in [3.63, 3.8) is 0 Å². The van der Waals surface area contributed by atoms with E-state index in [0.29, 0.717) is 5.13 Å². The zero-order valence-corrected chi connectivity index (χ0v) is 15.3. The van der Waals surface area contributed by atoms with Crippen molar-refractivity contribution in [1.82, 2.24) is 15.2 Å². The molecular weight excluding hydrogens is 354 g/mol. The molecule has 4 rings (SSSR count). The summed E-state index contributed by atoms with van der Waals surface area (Å²) in [5.74, 6) is 0. The Kier molecular flexibility index (Phi) is 4.14. The number of amides is 2. The van der Waals surface area contributed by atoms with Crippen LogP contribution in [0.15, 0.2) is 47.6 Å². The first-order valence-corrected chi connectivity index (χ1v) is 9.41. The minimum absolute atomic E-state index is 0.208. The SMILES string of the molecule is CC1=NN(C(=O)Nc2nnc(C)s2)C(c2cccc3ccccc23)S1. The highest BCUT2D eigenvalue weighted by Gasteiger charge is 2.33. The zero-order valence-electron chi connectivity index (χ0n) is 13.6. The number of carbonyl (C=O) groups is 1. The summed E-state index contributed by atoms with van der Waals surface area (Å²) in [6.07, 6.45) is 0. The molecule has 1 unspecified atom stereocenters. The third-order valence-corrected chi connectivity index (χ3v) is 5.64. The normalized spacial score (nSPS) is 17.0. The number of rotatable bonds is 2. The fourth-order valence-electron chi connectivity index (χ4n) is 2.75. The summed E-state index contributed by atoms with van der Waals surface area (Å²) in [5, 5.41) is 20.7. The zero-order chi connectivity index (χ0) is 17.4. The number of aromatic nitrogens is 2. The van der Waals surface area contributed by atoms with Gasteiger partial charge in [0, 0.05) is 0 Å². The molecule has 8 heteroatoms. The second kappa shape index (κ2) is 6.45. The average Bonchev–Trinajstić information content (AvgIpc) is 3.20. The number of fused-ring (bicyclic) bond motifs is 1. The fraction of sp³-hybridized carbons (Fsp3) is 0.176. The lowest BCUT2D eigenvalue weighted by atomic mass is 10.0. The number of benzene rings is 2. The lowest BCUT2D eigenvalue weighted by Gasteiger charge is -2.22. The smallest absolute Gasteiger partial charge is 0.280 e. The van der Waals surface area contributed by atoms with Crippen LogP contribution in [0, 0.1) is 6.92 Å². The lowest BCUT2D eigenvalue weighted by molar-refractivity contribution is 0.212. The van der Waals surface area contributed by atoms with Crippen LogP contribution in [0.2, 0.25) is 0 Å². The van der Waals surface area contributed by atoms with Crippen LogP contribution in [0.25, 0.3) is 10.8 Å². The number of thioether (sulfide) groups is 1. The van der Waals surface area contributed by atoms with Gasteiger partial charge in [0.15, 0.2) is 0 Å². The van der Waals surface area contributed by atoms with Crippen molar-refractivity contribution in [1.29, 1.82) is 0 Å². The number of nitrogens with zero attached hydrogens (tertiary/aromatic N) is 4. The van der Waals surface area contributed by atoms with E-state index in [9.17, 15) is 4.79 Å². The molecule has 0 fully saturated rings. The van der Waals surface area contributed by atoms with E-state index in [1.165, 1.54) is 16.3 Å². The van der Waals surface area contributed by atoms with Gasteiger partial charge < -0.3 is 0 Å². The highest BCUT2D eigenvalue weighted by molar-refractivity contribution is 8.14. The molecule has 2 heterocycles. The Morgan fingerprint density at radius 1 is 1.12 bits per heavy atom. The van der Waals surface area contributed by atoms with Gasteiger partial charge in [-0.1, -0.05) is 65.6 Å². The molecule has 0 bridgehead atoms. The molecule has 1 aliphatic heterocycles. The fourth-order valence-corrected chi connectivity index (χ4v) is 4.36. The minimum atomic E-state index is -0.307. The summed E-state index contributed by atoms with van der Waals surface area (Å²) in [5.41, 5.74) is 1.06. The Morgan fingerprint density at radius 3 is 2.72 bits per heavy atom. The van der Waals surface area contributed by atoms with Crippen LogP contribution in [0.3, 0.4) is 0 Å². The van der Waals surface area contributed by atoms with E-state index < -0.39 is 0 Å². The van der Waals surface area contributed by atoms with Crippen molar-refractivity contribution in [3.8, 4) is 0 Å². The first-order valence-electron chi connectivity index (χ1n) is 7.71.